The van der Waals surface area contributed by atoms with Crippen LogP contribution in [0.15, 0.2) is 66.9 Å². The normalized spacial score (nSPS) is 17.8. The Labute approximate surface area is 142 Å². The maximum Gasteiger partial charge on any atom is 0.198 e. The summed E-state index contributed by atoms with van der Waals surface area (Å²) in [6.45, 7) is 0.787. The average Bonchev–Trinajstić information content (AvgIpc) is 2.67. The fourth-order valence-electron chi connectivity index (χ4n) is 2.69. The van der Waals surface area contributed by atoms with Crippen molar-refractivity contribution < 1.29 is 14.3 Å². The Hall–Kier alpha value is -2.39. The fourth-order valence-corrected chi connectivity index (χ4v) is 2.69. The third-order valence-corrected chi connectivity index (χ3v) is 4.07. The van der Waals surface area contributed by atoms with Gasteiger partial charge in [0.15, 0.2) is 12.1 Å². The number of allylic oxidation sites excluding steroid dienone is 1. The van der Waals surface area contributed by atoms with Crippen molar-refractivity contribution >= 4 is 5.78 Å². The van der Waals surface area contributed by atoms with Crippen molar-refractivity contribution in [2.75, 3.05) is 6.61 Å². The molecule has 3 rings (SSSR count). The van der Waals surface area contributed by atoms with E-state index < -0.39 is 0 Å². The minimum atomic E-state index is -0.0964. The van der Waals surface area contributed by atoms with Gasteiger partial charge in [-0.15, -0.1) is 0 Å². The number of ketones is 1. The molecule has 0 spiro atoms. The first-order chi connectivity index (χ1) is 11.8. The zero-order chi connectivity index (χ0) is 16.6. The number of rotatable bonds is 6. The summed E-state index contributed by atoms with van der Waals surface area (Å²) >= 11 is 0. The van der Waals surface area contributed by atoms with Crippen LogP contribution in [0, 0.1) is 0 Å². The van der Waals surface area contributed by atoms with Gasteiger partial charge in [0.25, 0.3) is 0 Å². The molecule has 1 unspecified atom stereocenters. The van der Waals surface area contributed by atoms with Crippen LogP contribution in [0.1, 0.15) is 40.7 Å². The maximum absolute atomic E-state index is 12.3. The molecule has 0 aliphatic carbocycles. The Kier molecular flexibility index (Phi) is 5.80. The maximum atomic E-state index is 12.3. The van der Waals surface area contributed by atoms with Gasteiger partial charge in [0.05, 0.1) is 12.9 Å². The van der Waals surface area contributed by atoms with Gasteiger partial charge in [-0.05, 0) is 30.9 Å². The molecule has 0 aromatic heterocycles. The quantitative estimate of drug-likeness (QED) is 0.579. The smallest absolute Gasteiger partial charge is 0.198 e. The predicted octanol–water partition coefficient (Wildman–Crippen LogP) is 4.52. The lowest BCUT2D eigenvalue weighted by Gasteiger charge is -2.21. The third kappa shape index (κ3) is 4.56. The van der Waals surface area contributed by atoms with Crippen LogP contribution in [0.3, 0.4) is 0 Å². The summed E-state index contributed by atoms with van der Waals surface area (Å²) in [5.74, 6) is 0.0514. The minimum absolute atomic E-state index is 0.0514. The highest BCUT2D eigenvalue weighted by atomic mass is 16.7. The SMILES string of the molecule is O=C(c1ccccc1)c1ccc(C/C=C/OC2CCCCO2)cc1. The molecule has 3 heteroatoms. The monoisotopic (exact) mass is 322 g/mol. The summed E-state index contributed by atoms with van der Waals surface area (Å²) in [6.07, 6.45) is 7.62. The zero-order valence-electron chi connectivity index (χ0n) is 13.7. The molecule has 0 radical (unpaired) electrons. The second kappa shape index (κ2) is 8.46. The molecular formula is C21H22O3. The second-order valence-corrected chi connectivity index (χ2v) is 5.90. The number of hydrogen-bond donors (Lipinski definition) is 0. The minimum Gasteiger partial charge on any atom is -0.473 e. The molecular weight excluding hydrogens is 300 g/mol. The van der Waals surface area contributed by atoms with Crippen LogP contribution in [0.4, 0.5) is 0 Å². The third-order valence-electron chi connectivity index (χ3n) is 4.07. The first-order valence-corrected chi connectivity index (χ1v) is 8.44. The Morgan fingerprint density at radius 1 is 1.04 bits per heavy atom. The zero-order valence-corrected chi connectivity index (χ0v) is 13.7. The van der Waals surface area contributed by atoms with Crippen LogP contribution in [0.25, 0.3) is 0 Å². The van der Waals surface area contributed by atoms with Crippen LogP contribution in [-0.4, -0.2) is 18.7 Å². The summed E-state index contributed by atoms with van der Waals surface area (Å²) in [5, 5.41) is 0. The van der Waals surface area contributed by atoms with Gasteiger partial charge >= 0.3 is 0 Å². The molecule has 1 heterocycles. The van der Waals surface area contributed by atoms with E-state index in [1.807, 2.05) is 60.7 Å². The van der Waals surface area contributed by atoms with Crippen LogP contribution in [0.2, 0.25) is 0 Å². The molecule has 2 aromatic rings. The lowest BCUT2D eigenvalue weighted by molar-refractivity contribution is -0.129. The molecule has 3 nitrogen and oxygen atoms in total. The predicted molar refractivity (Wildman–Crippen MR) is 93.8 cm³/mol. The molecule has 1 aliphatic heterocycles. The van der Waals surface area contributed by atoms with Crippen molar-refractivity contribution in [3.05, 3.63) is 83.6 Å². The molecule has 1 fully saturated rings. The highest BCUT2D eigenvalue weighted by Crippen LogP contribution is 2.14. The van der Waals surface area contributed by atoms with E-state index in [0.29, 0.717) is 11.1 Å². The molecule has 0 amide bonds. The van der Waals surface area contributed by atoms with E-state index in [1.165, 1.54) is 0 Å². The van der Waals surface area contributed by atoms with E-state index in [0.717, 1.165) is 37.9 Å². The highest BCUT2D eigenvalue weighted by molar-refractivity contribution is 6.08. The Balaban J connectivity index is 1.52. The fraction of sp³-hybridized carbons (Fsp3) is 0.286. The van der Waals surface area contributed by atoms with E-state index in [2.05, 4.69) is 0 Å². The van der Waals surface area contributed by atoms with Crippen molar-refractivity contribution in [3.63, 3.8) is 0 Å². The molecule has 1 saturated heterocycles. The first kappa shape index (κ1) is 16.5. The summed E-state index contributed by atoms with van der Waals surface area (Å²) in [4.78, 5) is 12.3. The Morgan fingerprint density at radius 2 is 1.79 bits per heavy atom. The van der Waals surface area contributed by atoms with Gasteiger partial charge in [-0.25, -0.2) is 0 Å². The van der Waals surface area contributed by atoms with Crippen LogP contribution in [0.5, 0.6) is 0 Å². The second-order valence-electron chi connectivity index (χ2n) is 5.90. The van der Waals surface area contributed by atoms with Gasteiger partial charge in [0.2, 0.25) is 0 Å². The largest absolute Gasteiger partial charge is 0.473 e. The summed E-state index contributed by atoms with van der Waals surface area (Å²) < 4.78 is 11.1. The topological polar surface area (TPSA) is 35.5 Å². The highest BCUT2D eigenvalue weighted by Gasteiger charge is 2.12. The number of benzene rings is 2. The summed E-state index contributed by atoms with van der Waals surface area (Å²) in [6, 6.07) is 17.1. The molecule has 0 saturated carbocycles. The van der Waals surface area contributed by atoms with E-state index >= 15 is 0 Å². The molecule has 24 heavy (non-hydrogen) atoms. The molecule has 1 aliphatic rings. The Bertz CT molecular complexity index is 668. The van der Waals surface area contributed by atoms with Gasteiger partial charge in [0.1, 0.15) is 0 Å². The van der Waals surface area contributed by atoms with Crippen LogP contribution in [-0.2, 0) is 15.9 Å². The number of carbonyl (C=O) groups excluding carboxylic acids is 1. The lowest BCUT2D eigenvalue weighted by atomic mass is 10.0. The first-order valence-electron chi connectivity index (χ1n) is 8.44. The van der Waals surface area contributed by atoms with Gasteiger partial charge in [-0.1, -0.05) is 54.6 Å². The van der Waals surface area contributed by atoms with E-state index in [1.54, 1.807) is 6.26 Å². The lowest BCUT2D eigenvalue weighted by Crippen LogP contribution is -2.19. The summed E-state index contributed by atoms with van der Waals surface area (Å²) in [7, 11) is 0. The molecule has 1 atom stereocenters. The summed E-state index contributed by atoms with van der Waals surface area (Å²) in [5.41, 5.74) is 2.57. The van der Waals surface area contributed by atoms with Gasteiger partial charge in [0, 0.05) is 17.5 Å². The van der Waals surface area contributed by atoms with Crippen LogP contribution < -0.4 is 0 Å². The Morgan fingerprint density at radius 3 is 2.50 bits per heavy atom. The molecule has 0 bridgehead atoms. The van der Waals surface area contributed by atoms with Gasteiger partial charge in [-0.3, -0.25) is 4.79 Å². The van der Waals surface area contributed by atoms with E-state index in [9.17, 15) is 4.79 Å². The average molecular weight is 322 g/mol. The number of carbonyl (C=O) groups is 1. The van der Waals surface area contributed by atoms with E-state index in [4.69, 9.17) is 9.47 Å². The van der Waals surface area contributed by atoms with Crippen molar-refractivity contribution in [1.82, 2.24) is 0 Å². The molecule has 0 N–H and O–H groups in total. The van der Waals surface area contributed by atoms with Gasteiger partial charge in [-0.2, -0.15) is 0 Å². The van der Waals surface area contributed by atoms with Crippen molar-refractivity contribution in [1.29, 1.82) is 0 Å². The number of hydrogen-bond acceptors (Lipinski definition) is 3. The van der Waals surface area contributed by atoms with Crippen LogP contribution >= 0.6 is 0 Å². The van der Waals surface area contributed by atoms with Crippen molar-refractivity contribution in [2.45, 2.75) is 32.0 Å². The van der Waals surface area contributed by atoms with Crippen molar-refractivity contribution in [3.8, 4) is 0 Å². The standard InChI is InChI=1S/C21H22O3/c22-21(18-8-2-1-3-9-18)19-13-11-17(12-14-19)7-6-16-24-20-10-4-5-15-23-20/h1-3,6,8-9,11-14,16,20H,4-5,7,10,15H2/b16-6+. The molecule has 124 valence electrons. The van der Waals surface area contributed by atoms with E-state index in [-0.39, 0.29) is 12.1 Å². The number of ether oxygens (including phenoxy) is 2. The van der Waals surface area contributed by atoms with Crippen molar-refractivity contribution in [2.24, 2.45) is 0 Å². The van der Waals surface area contributed by atoms with Gasteiger partial charge < -0.3 is 9.47 Å². The molecule has 2 aromatic carbocycles.